The number of carbonyl (C=O) groups excluding carboxylic acids is 3. The van der Waals surface area contributed by atoms with Gasteiger partial charge in [-0.1, -0.05) is 18.2 Å². The Morgan fingerprint density at radius 3 is 2.71 bits per heavy atom. The van der Waals surface area contributed by atoms with E-state index >= 15 is 0 Å². The third-order valence-corrected chi connectivity index (χ3v) is 5.97. The number of benzene rings is 2. The first-order valence-electron chi connectivity index (χ1n) is 10.6. The highest BCUT2D eigenvalue weighted by Gasteiger charge is 2.38. The molecule has 0 bridgehead atoms. The molecule has 3 amide bonds. The van der Waals surface area contributed by atoms with Crippen LogP contribution in [0.4, 0.5) is 5.69 Å². The maximum absolute atomic E-state index is 12.8. The van der Waals surface area contributed by atoms with Crippen LogP contribution in [0.3, 0.4) is 0 Å². The topological polar surface area (TPSA) is 99.8 Å². The molecule has 2 aromatic rings. The zero-order chi connectivity index (χ0) is 21.4. The van der Waals surface area contributed by atoms with Crippen LogP contribution in [0.2, 0.25) is 0 Å². The first-order valence-corrected chi connectivity index (χ1v) is 10.6. The van der Waals surface area contributed by atoms with Gasteiger partial charge >= 0.3 is 0 Å². The maximum atomic E-state index is 12.8. The first-order chi connectivity index (χ1) is 15.1. The summed E-state index contributed by atoms with van der Waals surface area (Å²) in [7, 11) is 0. The van der Waals surface area contributed by atoms with Crippen LogP contribution >= 0.6 is 0 Å². The highest BCUT2D eigenvalue weighted by Crippen LogP contribution is 2.29. The zero-order valence-electron chi connectivity index (χ0n) is 17.1. The quantitative estimate of drug-likeness (QED) is 0.635. The number of imide groups is 1. The van der Waals surface area contributed by atoms with Crippen molar-refractivity contribution in [2.75, 3.05) is 18.5 Å². The second-order valence-electron chi connectivity index (χ2n) is 8.10. The van der Waals surface area contributed by atoms with Crippen LogP contribution in [0, 0.1) is 0 Å². The Hall–Kier alpha value is -3.39. The molecule has 3 aliphatic rings. The molecule has 1 atom stereocenters. The molecule has 1 fully saturated rings. The molecule has 0 spiro atoms. The van der Waals surface area contributed by atoms with Crippen molar-refractivity contribution < 1.29 is 19.1 Å². The Morgan fingerprint density at radius 2 is 1.87 bits per heavy atom. The average molecular weight is 420 g/mol. The molecule has 3 aliphatic heterocycles. The van der Waals surface area contributed by atoms with Crippen LogP contribution in [-0.2, 0) is 29.2 Å². The number of anilines is 1. The van der Waals surface area contributed by atoms with Gasteiger partial charge in [-0.3, -0.25) is 19.7 Å². The van der Waals surface area contributed by atoms with Crippen molar-refractivity contribution in [3.8, 4) is 5.75 Å². The van der Waals surface area contributed by atoms with Gasteiger partial charge < -0.3 is 20.3 Å². The van der Waals surface area contributed by atoms with Gasteiger partial charge in [-0.15, -0.1) is 0 Å². The Bertz CT molecular complexity index is 1070. The second-order valence-corrected chi connectivity index (χ2v) is 8.10. The lowest BCUT2D eigenvalue weighted by Gasteiger charge is -2.29. The number of nitrogens with one attached hydrogen (secondary N) is 3. The molecule has 0 aromatic heterocycles. The van der Waals surface area contributed by atoms with E-state index in [1.165, 1.54) is 0 Å². The molecule has 0 radical (unpaired) electrons. The maximum Gasteiger partial charge on any atom is 0.255 e. The monoisotopic (exact) mass is 420 g/mol. The summed E-state index contributed by atoms with van der Waals surface area (Å²) in [5.41, 5.74) is 4.80. The summed E-state index contributed by atoms with van der Waals surface area (Å²) in [4.78, 5) is 37.9. The largest absolute Gasteiger partial charge is 0.490 e. The average Bonchev–Trinajstić information content (AvgIpc) is 3.09. The van der Waals surface area contributed by atoms with Crippen molar-refractivity contribution in [3.63, 3.8) is 0 Å². The van der Waals surface area contributed by atoms with E-state index in [0.717, 1.165) is 34.7 Å². The van der Waals surface area contributed by atoms with Crippen molar-refractivity contribution in [1.29, 1.82) is 0 Å². The second kappa shape index (κ2) is 8.03. The predicted octanol–water partition coefficient (Wildman–Crippen LogP) is 1.54. The van der Waals surface area contributed by atoms with E-state index in [-0.39, 0.29) is 24.1 Å². The van der Waals surface area contributed by atoms with E-state index in [1.54, 1.807) is 4.90 Å². The molecule has 3 N–H and O–H groups in total. The van der Waals surface area contributed by atoms with Gasteiger partial charge in [0.05, 0.1) is 5.69 Å². The molecule has 5 rings (SSSR count). The van der Waals surface area contributed by atoms with Crippen LogP contribution in [0.25, 0.3) is 0 Å². The third kappa shape index (κ3) is 3.86. The molecular formula is C23H24N4O4. The lowest BCUT2D eigenvalue weighted by Crippen LogP contribution is -2.52. The molecule has 8 nitrogen and oxygen atoms in total. The smallest absolute Gasteiger partial charge is 0.255 e. The Morgan fingerprint density at radius 1 is 1.06 bits per heavy atom. The van der Waals surface area contributed by atoms with E-state index in [4.69, 9.17) is 4.74 Å². The molecule has 1 unspecified atom stereocenters. The van der Waals surface area contributed by atoms with Gasteiger partial charge in [-0.05, 0) is 41.3 Å². The van der Waals surface area contributed by atoms with Crippen LogP contribution < -0.4 is 20.7 Å². The van der Waals surface area contributed by atoms with E-state index in [0.29, 0.717) is 38.2 Å². The van der Waals surface area contributed by atoms with Crippen molar-refractivity contribution in [1.82, 2.24) is 15.5 Å². The van der Waals surface area contributed by atoms with Crippen molar-refractivity contribution in [2.45, 2.75) is 38.5 Å². The summed E-state index contributed by atoms with van der Waals surface area (Å²) in [6.07, 6.45) is 0.633. The standard InChI is InChI=1S/C23H24N4O4/c28-21-6-5-19(22(29)26-21)27-13-16-9-14(1-3-17(16)23(27)30)11-24-12-15-2-4-18-20(10-15)31-8-7-25-18/h1-4,9-10,19,24-25H,5-8,11-13H2,(H,26,28,29). The number of amides is 3. The number of hydrogen-bond donors (Lipinski definition) is 3. The fourth-order valence-electron chi connectivity index (χ4n) is 4.38. The minimum absolute atomic E-state index is 0.147. The van der Waals surface area contributed by atoms with Crippen molar-refractivity contribution >= 4 is 23.4 Å². The summed E-state index contributed by atoms with van der Waals surface area (Å²) in [6, 6.07) is 11.4. The highest BCUT2D eigenvalue weighted by molar-refractivity contribution is 6.05. The van der Waals surface area contributed by atoms with Gasteiger partial charge in [0.25, 0.3) is 5.91 Å². The van der Waals surface area contributed by atoms with Gasteiger partial charge in [0.2, 0.25) is 11.8 Å². The third-order valence-electron chi connectivity index (χ3n) is 5.97. The van der Waals surface area contributed by atoms with Gasteiger partial charge in [-0.2, -0.15) is 0 Å². The molecule has 1 saturated heterocycles. The minimum atomic E-state index is -0.583. The number of piperidine rings is 1. The van der Waals surface area contributed by atoms with Crippen LogP contribution in [0.15, 0.2) is 36.4 Å². The fraction of sp³-hybridized carbons (Fsp3) is 0.348. The van der Waals surface area contributed by atoms with Crippen molar-refractivity contribution in [2.24, 2.45) is 0 Å². The Kier molecular flexibility index (Phi) is 5.07. The number of fused-ring (bicyclic) bond motifs is 2. The molecule has 31 heavy (non-hydrogen) atoms. The van der Waals surface area contributed by atoms with E-state index in [1.807, 2.05) is 30.3 Å². The molecular weight excluding hydrogens is 396 g/mol. The van der Waals surface area contributed by atoms with Crippen LogP contribution in [0.1, 0.15) is 39.9 Å². The van der Waals surface area contributed by atoms with E-state index in [9.17, 15) is 14.4 Å². The number of hydrogen-bond acceptors (Lipinski definition) is 6. The summed E-state index contributed by atoms with van der Waals surface area (Å²) in [6.45, 7) is 3.26. The van der Waals surface area contributed by atoms with E-state index < -0.39 is 6.04 Å². The molecule has 160 valence electrons. The van der Waals surface area contributed by atoms with E-state index in [2.05, 4.69) is 22.0 Å². The summed E-state index contributed by atoms with van der Waals surface area (Å²) >= 11 is 0. The van der Waals surface area contributed by atoms with Crippen LogP contribution in [0.5, 0.6) is 5.75 Å². The SMILES string of the molecule is O=C1CCC(N2Cc3cc(CNCc4ccc5c(c4)OCCN5)ccc3C2=O)C(=O)N1. The molecule has 8 heteroatoms. The molecule has 0 saturated carbocycles. The normalized spacial score (nSPS) is 19.9. The number of ether oxygens (including phenoxy) is 1. The fourth-order valence-corrected chi connectivity index (χ4v) is 4.38. The molecule has 0 aliphatic carbocycles. The number of nitrogens with zero attached hydrogens (tertiary/aromatic N) is 1. The number of carbonyl (C=O) groups is 3. The summed E-state index contributed by atoms with van der Waals surface area (Å²) < 4.78 is 5.69. The first kappa shape index (κ1) is 19.6. The van der Waals surface area contributed by atoms with Gasteiger partial charge in [0, 0.05) is 38.2 Å². The lowest BCUT2D eigenvalue weighted by molar-refractivity contribution is -0.136. The summed E-state index contributed by atoms with van der Waals surface area (Å²) in [5.74, 6) is 0.0749. The Balaban J connectivity index is 1.21. The molecule has 2 aromatic carbocycles. The molecule has 3 heterocycles. The zero-order valence-corrected chi connectivity index (χ0v) is 17.1. The van der Waals surface area contributed by atoms with Gasteiger partial charge in [0.15, 0.2) is 0 Å². The summed E-state index contributed by atoms with van der Waals surface area (Å²) in [5, 5.41) is 9.08. The Labute approximate surface area is 179 Å². The minimum Gasteiger partial charge on any atom is -0.490 e. The highest BCUT2D eigenvalue weighted by atomic mass is 16.5. The van der Waals surface area contributed by atoms with Crippen molar-refractivity contribution in [3.05, 3.63) is 58.7 Å². The number of rotatable bonds is 5. The van der Waals surface area contributed by atoms with Gasteiger partial charge in [0.1, 0.15) is 18.4 Å². The predicted molar refractivity (Wildman–Crippen MR) is 113 cm³/mol. The van der Waals surface area contributed by atoms with Crippen LogP contribution in [-0.4, -0.2) is 41.8 Å². The van der Waals surface area contributed by atoms with Gasteiger partial charge in [-0.25, -0.2) is 0 Å². The lowest BCUT2D eigenvalue weighted by atomic mass is 10.0.